The minimum atomic E-state index is -0.104. The maximum atomic E-state index is 12.0. The van der Waals surface area contributed by atoms with Crippen molar-refractivity contribution >= 4 is 17.3 Å². The first-order chi connectivity index (χ1) is 10.4. The van der Waals surface area contributed by atoms with Gasteiger partial charge in [-0.2, -0.15) is 0 Å². The van der Waals surface area contributed by atoms with E-state index in [1.54, 1.807) is 12.4 Å². The van der Waals surface area contributed by atoms with Crippen LogP contribution in [0, 0.1) is 0 Å². The van der Waals surface area contributed by atoms with Gasteiger partial charge in [0.15, 0.2) is 0 Å². The summed E-state index contributed by atoms with van der Waals surface area (Å²) < 4.78 is 0. The highest BCUT2D eigenvalue weighted by atomic mass is 16.1. The second kappa shape index (κ2) is 6.56. The predicted molar refractivity (Wildman–Crippen MR) is 88.5 cm³/mol. The smallest absolute Gasteiger partial charge is 0.224 e. The fourth-order valence-electron chi connectivity index (χ4n) is 2.01. The number of anilines is 2. The van der Waals surface area contributed by atoms with E-state index in [0.717, 1.165) is 11.4 Å². The van der Waals surface area contributed by atoms with Crippen molar-refractivity contribution in [2.24, 2.45) is 0 Å². The molecule has 5 heteroatoms. The number of aryl methyl sites for hydroxylation is 1. The third kappa shape index (κ3) is 4.28. The summed E-state index contributed by atoms with van der Waals surface area (Å²) in [5.41, 5.74) is 8.07. The van der Waals surface area contributed by atoms with Gasteiger partial charge in [-0.05, 0) is 18.1 Å². The van der Waals surface area contributed by atoms with Gasteiger partial charge in [-0.15, -0.1) is 0 Å². The van der Waals surface area contributed by atoms with Gasteiger partial charge in [-0.3, -0.25) is 4.79 Å². The fraction of sp³-hybridized carbons (Fsp3) is 0.353. The summed E-state index contributed by atoms with van der Waals surface area (Å²) in [7, 11) is 0. The zero-order chi connectivity index (χ0) is 16.2. The molecule has 5 nitrogen and oxygen atoms in total. The van der Waals surface area contributed by atoms with E-state index in [-0.39, 0.29) is 11.3 Å². The van der Waals surface area contributed by atoms with Crippen molar-refractivity contribution in [3.8, 4) is 0 Å². The Bertz CT molecular complexity index is 644. The minimum Gasteiger partial charge on any atom is -0.399 e. The quantitative estimate of drug-likeness (QED) is 0.850. The predicted octanol–water partition coefficient (Wildman–Crippen LogP) is 2.93. The van der Waals surface area contributed by atoms with Gasteiger partial charge in [-0.1, -0.05) is 39.0 Å². The first-order valence-electron chi connectivity index (χ1n) is 7.32. The lowest BCUT2D eigenvalue weighted by atomic mass is 9.96. The molecule has 0 bridgehead atoms. The molecular weight excluding hydrogens is 276 g/mol. The lowest BCUT2D eigenvalue weighted by Crippen LogP contribution is -2.17. The zero-order valence-electron chi connectivity index (χ0n) is 13.3. The van der Waals surface area contributed by atoms with Crippen LogP contribution in [0.5, 0.6) is 0 Å². The summed E-state index contributed by atoms with van der Waals surface area (Å²) in [4.78, 5) is 20.6. The van der Waals surface area contributed by atoms with E-state index < -0.39 is 0 Å². The van der Waals surface area contributed by atoms with Crippen LogP contribution < -0.4 is 11.1 Å². The van der Waals surface area contributed by atoms with E-state index in [9.17, 15) is 4.79 Å². The lowest BCUT2D eigenvalue weighted by molar-refractivity contribution is -0.116. The number of hydrogen-bond donors (Lipinski definition) is 2. The summed E-state index contributed by atoms with van der Waals surface area (Å²) in [6.07, 6.45) is 4.26. The highest BCUT2D eigenvalue weighted by Gasteiger charge is 2.16. The van der Waals surface area contributed by atoms with E-state index in [2.05, 4.69) is 15.3 Å². The molecule has 0 atom stereocenters. The maximum Gasteiger partial charge on any atom is 0.224 e. The number of benzene rings is 1. The molecule has 0 radical (unpaired) electrons. The summed E-state index contributed by atoms with van der Waals surface area (Å²) >= 11 is 0. The minimum absolute atomic E-state index is 0.0737. The van der Waals surface area contributed by atoms with Crippen LogP contribution >= 0.6 is 0 Å². The number of nitrogens with one attached hydrogen (secondary N) is 1. The Kier molecular flexibility index (Phi) is 4.75. The highest BCUT2D eigenvalue weighted by Crippen LogP contribution is 2.18. The number of nitrogens with zero attached hydrogens (tertiary/aromatic N) is 2. The van der Waals surface area contributed by atoms with Crippen LogP contribution in [-0.4, -0.2) is 15.9 Å². The molecule has 0 saturated heterocycles. The molecule has 116 valence electrons. The van der Waals surface area contributed by atoms with Crippen LogP contribution in [0.25, 0.3) is 0 Å². The summed E-state index contributed by atoms with van der Waals surface area (Å²) in [6.45, 7) is 6.14. The number of hydrogen-bond acceptors (Lipinski definition) is 4. The van der Waals surface area contributed by atoms with Crippen molar-refractivity contribution in [2.75, 3.05) is 11.1 Å². The van der Waals surface area contributed by atoms with E-state index in [1.165, 1.54) is 0 Å². The Labute approximate surface area is 131 Å². The van der Waals surface area contributed by atoms with Crippen molar-refractivity contribution in [1.29, 1.82) is 0 Å². The molecule has 0 aliphatic heterocycles. The number of nitrogen functional groups attached to an aromatic ring is 1. The van der Waals surface area contributed by atoms with Crippen LogP contribution in [0.2, 0.25) is 0 Å². The molecule has 0 aliphatic carbocycles. The van der Waals surface area contributed by atoms with Crippen LogP contribution in [-0.2, 0) is 16.6 Å². The number of para-hydroxylation sites is 1. The SMILES string of the molecule is CC(C)(C)c1ncc(NC(=O)CCc2ccccc2N)cn1. The second-order valence-corrected chi connectivity index (χ2v) is 6.29. The van der Waals surface area contributed by atoms with Crippen molar-refractivity contribution in [2.45, 2.75) is 39.0 Å². The van der Waals surface area contributed by atoms with Gasteiger partial charge < -0.3 is 11.1 Å². The Morgan fingerprint density at radius 1 is 1.18 bits per heavy atom. The van der Waals surface area contributed by atoms with Crippen LogP contribution in [0.3, 0.4) is 0 Å². The summed E-state index contributed by atoms with van der Waals surface area (Å²) in [5.74, 6) is 0.679. The molecule has 2 aromatic rings. The molecule has 1 aromatic carbocycles. The van der Waals surface area contributed by atoms with Crippen LogP contribution in [0.4, 0.5) is 11.4 Å². The number of amides is 1. The average Bonchev–Trinajstić information content (AvgIpc) is 2.46. The normalized spacial score (nSPS) is 11.2. The lowest BCUT2D eigenvalue weighted by Gasteiger charge is -2.16. The van der Waals surface area contributed by atoms with E-state index in [4.69, 9.17) is 5.73 Å². The van der Waals surface area contributed by atoms with Gasteiger partial charge >= 0.3 is 0 Å². The molecule has 3 N–H and O–H groups in total. The molecule has 1 heterocycles. The van der Waals surface area contributed by atoms with Gasteiger partial charge in [0.2, 0.25) is 5.91 Å². The molecule has 0 spiro atoms. The molecule has 0 saturated carbocycles. The number of carbonyl (C=O) groups is 1. The average molecular weight is 298 g/mol. The molecule has 1 aromatic heterocycles. The topological polar surface area (TPSA) is 80.9 Å². The summed E-state index contributed by atoms with van der Waals surface area (Å²) in [5, 5.41) is 2.81. The zero-order valence-corrected chi connectivity index (χ0v) is 13.3. The van der Waals surface area contributed by atoms with Crippen molar-refractivity contribution in [3.05, 3.63) is 48.0 Å². The first-order valence-corrected chi connectivity index (χ1v) is 7.32. The monoisotopic (exact) mass is 298 g/mol. The van der Waals surface area contributed by atoms with Gasteiger partial charge in [0, 0.05) is 17.5 Å². The summed E-state index contributed by atoms with van der Waals surface area (Å²) in [6, 6.07) is 7.58. The van der Waals surface area contributed by atoms with Crippen molar-refractivity contribution in [3.63, 3.8) is 0 Å². The van der Waals surface area contributed by atoms with Crippen LogP contribution in [0.1, 0.15) is 38.6 Å². The molecule has 2 rings (SSSR count). The Morgan fingerprint density at radius 2 is 1.82 bits per heavy atom. The third-order valence-electron chi connectivity index (χ3n) is 3.28. The van der Waals surface area contributed by atoms with E-state index >= 15 is 0 Å². The number of aromatic nitrogens is 2. The number of carbonyl (C=O) groups excluding carboxylic acids is 1. The molecule has 22 heavy (non-hydrogen) atoms. The Hall–Kier alpha value is -2.43. The van der Waals surface area contributed by atoms with Gasteiger partial charge in [0.05, 0.1) is 18.1 Å². The first kappa shape index (κ1) is 15.9. The molecule has 0 aliphatic rings. The largest absolute Gasteiger partial charge is 0.399 e. The van der Waals surface area contributed by atoms with Gasteiger partial charge in [0.1, 0.15) is 5.82 Å². The molecule has 1 amide bonds. The number of rotatable bonds is 4. The molecule has 0 fully saturated rings. The standard InChI is InChI=1S/C17H22N4O/c1-17(2,3)16-19-10-13(11-20-16)21-15(22)9-8-12-6-4-5-7-14(12)18/h4-7,10-11H,8-9,18H2,1-3H3,(H,21,22). The fourth-order valence-corrected chi connectivity index (χ4v) is 2.01. The van der Waals surface area contributed by atoms with Gasteiger partial charge in [0.25, 0.3) is 0 Å². The second-order valence-electron chi connectivity index (χ2n) is 6.29. The third-order valence-corrected chi connectivity index (χ3v) is 3.28. The van der Waals surface area contributed by atoms with Crippen LogP contribution in [0.15, 0.2) is 36.7 Å². The highest BCUT2D eigenvalue weighted by molar-refractivity contribution is 5.90. The Balaban J connectivity index is 1.91. The molecular formula is C17H22N4O. The van der Waals surface area contributed by atoms with Crippen molar-refractivity contribution in [1.82, 2.24) is 9.97 Å². The van der Waals surface area contributed by atoms with Crippen molar-refractivity contribution < 1.29 is 4.79 Å². The van der Waals surface area contributed by atoms with Gasteiger partial charge in [-0.25, -0.2) is 9.97 Å². The molecule has 0 unspecified atom stereocenters. The Morgan fingerprint density at radius 3 is 2.41 bits per heavy atom. The number of nitrogens with two attached hydrogens (primary N) is 1. The van der Waals surface area contributed by atoms with E-state index in [1.807, 2.05) is 45.0 Å². The van der Waals surface area contributed by atoms with E-state index in [0.29, 0.717) is 24.2 Å². The maximum absolute atomic E-state index is 12.0.